The quantitative estimate of drug-likeness (QED) is 0.811. The van der Waals surface area contributed by atoms with Crippen LogP contribution in [0.15, 0.2) is 35.1 Å². The van der Waals surface area contributed by atoms with Crippen molar-refractivity contribution in [2.45, 2.75) is 33.2 Å². The Labute approximate surface area is 129 Å². The van der Waals surface area contributed by atoms with E-state index in [2.05, 4.69) is 6.07 Å². The lowest BCUT2D eigenvalue weighted by Crippen LogP contribution is -2.24. The highest BCUT2D eigenvalue weighted by molar-refractivity contribution is 5.62. The van der Waals surface area contributed by atoms with Crippen molar-refractivity contribution < 1.29 is 0 Å². The molecule has 0 aliphatic rings. The molecule has 2 rings (SSSR count). The SMILES string of the molecule is Cc1ccc(-c2ccc(C#N)c(=O)n2CCCC#N)cc1C. The second-order valence-corrected chi connectivity index (χ2v) is 5.26. The van der Waals surface area contributed by atoms with Gasteiger partial charge in [0.15, 0.2) is 0 Å². The van der Waals surface area contributed by atoms with Gasteiger partial charge in [-0.3, -0.25) is 4.79 Å². The minimum absolute atomic E-state index is 0.129. The summed E-state index contributed by atoms with van der Waals surface area (Å²) in [5, 5.41) is 17.7. The fraction of sp³-hybridized carbons (Fsp3) is 0.278. The van der Waals surface area contributed by atoms with E-state index in [0.29, 0.717) is 19.4 Å². The molecule has 0 spiro atoms. The zero-order valence-electron chi connectivity index (χ0n) is 12.8. The Morgan fingerprint density at radius 2 is 1.86 bits per heavy atom. The normalized spacial score (nSPS) is 10.0. The van der Waals surface area contributed by atoms with Crippen LogP contribution in [-0.2, 0) is 6.54 Å². The Balaban J connectivity index is 2.57. The van der Waals surface area contributed by atoms with E-state index in [1.807, 2.05) is 38.1 Å². The molecule has 4 nitrogen and oxygen atoms in total. The number of rotatable bonds is 4. The molecule has 0 aliphatic heterocycles. The summed E-state index contributed by atoms with van der Waals surface area (Å²) in [5.74, 6) is 0. The summed E-state index contributed by atoms with van der Waals surface area (Å²) in [7, 11) is 0. The summed E-state index contributed by atoms with van der Waals surface area (Å²) in [6.07, 6.45) is 0.971. The van der Waals surface area contributed by atoms with E-state index in [1.165, 1.54) is 5.56 Å². The van der Waals surface area contributed by atoms with E-state index in [0.717, 1.165) is 16.8 Å². The fourth-order valence-electron chi connectivity index (χ4n) is 2.35. The lowest BCUT2D eigenvalue weighted by atomic mass is 10.0. The number of nitriles is 2. The van der Waals surface area contributed by atoms with Gasteiger partial charge in [-0.2, -0.15) is 10.5 Å². The van der Waals surface area contributed by atoms with Crippen molar-refractivity contribution >= 4 is 0 Å². The summed E-state index contributed by atoms with van der Waals surface area (Å²) >= 11 is 0. The highest BCUT2D eigenvalue weighted by atomic mass is 16.1. The average Bonchev–Trinajstić information content (AvgIpc) is 2.51. The van der Waals surface area contributed by atoms with Crippen molar-refractivity contribution in [1.82, 2.24) is 4.57 Å². The third kappa shape index (κ3) is 3.07. The monoisotopic (exact) mass is 291 g/mol. The first-order chi connectivity index (χ1) is 10.6. The minimum Gasteiger partial charge on any atom is -0.307 e. The van der Waals surface area contributed by atoms with Gasteiger partial charge in [0.05, 0.1) is 11.8 Å². The minimum atomic E-state index is -0.295. The lowest BCUT2D eigenvalue weighted by molar-refractivity contribution is 0.636. The van der Waals surface area contributed by atoms with Crippen LogP contribution in [-0.4, -0.2) is 4.57 Å². The molecule has 0 saturated carbocycles. The molecule has 110 valence electrons. The molecule has 0 fully saturated rings. The van der Waals surface area contributed by atoms with E-state index in [-0.39, 0.29) is 11.1 Å². The molecule has 0 bridgehead atoms. The first-order valence-electron chi connectivity index (χ1n) is 7.17. The lowest BCUT2D eigenvalue weighted by Gasteiger charge is -2.14. The largest absolute Gasteiger partial charge is 0.307 e. The second kappa shape index (κ2) is 6.74. The summed E-state index contributed by atoms with van der Waals surface area (Å²) in [4.78, 5) is 12.4. The fourth-order valence-corrected chi connectivity index (χ4v) is 2.35. The number of aryl methyl sites for hydroxylation is 2. The Morgan fingerprint density at radius 3 is 2.50 bits per heavy atom. The summed E-state index contributed by atoms with van der Waals surface area (Å²) < 4.78 is 1.60. The Kier molecular flexibility index (Phi) is 4.76. The number of hydrogen-bond acceptors (Lipinski definition) is 3. The van der Waals surface area contributed by atoms with Gasteiger partial charge in [-0.05, 0) is 55.2 Å². The number of benzene rings is 1. The predicted molar refractivity (Wildman–Crippen MR) is 85.2 cm³/mol. The third-order valence-corrected chi connectivity index (χ3v) is 3.77. The number of aromatic nitrogens is 1. The van der Waals surface area contributed by atoms with E-state index in [4.69, 9.17) is 10.5 Å². The molecule has 0 atom stereocenters. The molecule has 1 aromatic carbocycles. The number of hydrogen-bond donors (Lipinski definition) is 0. The Bertz CT molecular complexity index is 835. The molecule has 22 heavy (non-hydrogen) atoms. The molecule has 0 amide bonds. The van der Waals surface area contributed by atoms with Gasteiger partial charge < -0.3 is 4.57 Å². The molecule has 1 heterocycles. The molecule has 0 saturated heterocycles. The highest BCUT2D eigenvalue weighted by Gasteiger charge is 2.11. The van der Waals surface area contributed by atoms with E-state index < -0.39 is 0 Å². The molecule has 4 heteroatoms. The smallest absolute Gasteiger partial charge is 0.268 e. The van der Waals surface area contributed by atoms with Crippen LogP contribution in [0.4, 0.5) is 0 Å². The maximum Gasteiger partial charge on any atom is 0.268 e. The first kappa shape index (κ1) is 15.5. The van der Waals surface area contributed by atoms with Gasteiger partial charge >= 0.3 is 0 Å². The first-order valence-corrected chi connectivity index (χ1v) is 7.17. The molecular weight excluding hydrogens is 274 g/mol. The zero-order chi connectivity index (χ0) is 16.1. The highest BCUT2D eigenvalue weighted by Crippen LogP contribution is 2.22. The molecule has 0 aliphatic carbocycles. The van der Waals surface area contributed by atoms with Crippen molar-refractivity contribution in [2.24, 2.45) is 0 Å². The van der Waals surface area contributed by atoms with Crippen molar-refractivity contribution in [3.8, 4) is 23.4 Å². The van der Waals surface area contributed by atoms with Crippen molar-refractivity contribution in [2.75, 3.05) is 0 Å². The average molecular weight is 291 g/mol. The van der Waals surface area contributed by atoms with Gasteiger partial charge in [-0.15, -0.1) is 0 Å². The molecule has 0 N–H and O–H groups in total. The van der Waals surface area contributed by atoms with E-state index in [1.54, 1.807) is 16.7 Å². The van der Waals surface area contributed by atoms with Crippen LogP contribution in [0.5, 0.6) is 0 Å². The van der Waals surface area contributed by atoms with E-state index >= 15 is 0 Å². The van der Waals surface area contributed by atoms with Crippen LogP contribution in [0.2, 0.25) is 0 Å². The van der Waals surface area contributed by atoms with Gasteiger partial charge in [-0.25, -0.2) is 0 Å². The van der Waals surface area contributed by atoms with Crippen LogP contribution in [0, 0.1) is 36.5 Å². The van der Waals surface area contributed by atoms with Crippen molar-refractivity contribution in [3.05, 3.63) is 57.4 Å². The van der Waals surface area contributed by atoms with Crippen LogP contribution < -0.4 is 5.56 Å². The summed E-state index contributed by atoms with van der Waals surface area (Å²) in [6, 6.07) is 13.4. The maximum absolute atomic E-state index is 12.4. The van der Waals surface area contributed by atoms with Crippen molar-refractivity contribution in [1.29, 1.82) is 10.5 Å². The molecular formula is C18H17N3O. The zero-order valence-corrected chi connectivity index (χ0v) is 12.8. The van der Waals surface area contributed by atoms with Crippen LogP contribution >= 0.6 is 0 Å². The van der Waals surface area contributed by atoms with Gasteiger partial charge in [0.1, 0.15) is 11.6 Å². The third-order valence-electron chi connectivity index (χ3n) is 3.77. The van der Waals surface area contributed by atoms with Gasteiger partial charge in [0.2, 0.25) is 0 Å². The molecule has 2 aromatic rings. The number of unbranched alkanes of at least 4 members (excludes halogenated alkanes) is 1. The van der Waals surface area contributed by atoms with Crippen molar-refractivity contribution in [3.63, 3.8) is 0 Å². The maximum atomic E-state index is 12.4. The number of pyridine rings is 1. The second-order valence-electron chi connectivity index (χ2n) is 5.26. The van der Waals surface area contributed by atoms with Gasteiger partial charge in [-0.1, -0.05) is 12.1 Å². The Hall–Kier alpha value is -2.85. The standard InChI is InChI=1S/C18H17N3O/c1-13-5-6-15(11-14(13)2)17-8-7-16(12-20)18(22)21(17)10-4-3-9-19/h5-8,11H,3-4,10H2,1-2H3. The summed E-state index contributed by atoms with van der Waals surface area (Å²) in [5.41, 5.74) is 3.90. The predicted octanol–water partition coefficient (Wildman–Crippen LogP) is 3.31. The van der Waals surface area contributed by atoms with Gasteiger partial charge in [0.25, 0.3) is 5.56 Å². The van der Waals surface area contributed by atoms with Crippen LogP contribution in [0.25, 0.3) is 11.3 Å². The topological polar surface area (TPSA) is 69.6 Å². The van der Waals surface area contributed by atoms with Crippen LogP contribution in [0.3, 0.4) is 0 Å². The van der Waals surface area contributed by atoms with Crippen LogP contribution in [0.1, 0.15) is 29.5 Å². The summed E-state index contributed by atoms with van der Waals surface area (Å²) in [6.45, 7) is 4.50. The molecule has 0 radical (unpaired) electrons. The Morgan fingerprint density at radius 1 is 1.09 bits per heavy atom. The van der Waals surface area contributed by atoms with Gasteiger partial charge in [0, 0.05) is 13.0 Å². The molecule has 0 unspecified atom stereocenters. The molecule has 1 aromatic heterocycles. The number of nitrogens with zero attached hydrogens (tertiary/aromatic N) is 3. The van der Waals surface area contributed by atoms with E-state index in [9.17, 15) is 4.79 Å².